The van der Waals surface area contributed by atoms with Crippen LogP contribution in [0.25, 0.3) is 0 Å². The molecule has 2 atom stereocenters. The average molecular weight is 161 g/mol. The van der Waals surface area contributed by atoms with Crippen LogP contribution in [0.15, 0.2) is 0 Å². The number of nitrogens with one attached hydrogen (secondary N) is 1. The number of rotatable bonds is 2. The summed E-state index contributed by atoms with van der Waals surface area (Å²) < 4.78 is 12.8. The molecule has 1 aliphatic rings. The maximum absolute atomic E-state index is 12.8. The van der Waals surface area contributed by atoms with E-state index in [-0.39, 0.29) is 5.92 Å². The second-order valence-corrected chi connectivity index (χ2v) is 2.85. The smallest absolute Gasteiger partial charge is 0.338 e. The first-order chi connectivity index (χ1) is 5.22. The van der Waals surface area contributed by atoms with E-state index in [9.17, 15) is 9.18 Å². The summed E-state index contributed by atoms with van der Waals surface area (Å²) >= 11 is 0. The number of carbonyl (C=O) groups is 1. The number of hydrogen-bond donors (Lipinski definition) is 2. The van der Waals surface area contributed by atoms with E-state index in [0.29, 0.717) is 13.0 Å². The Morgan fingerprint density at radius 1 is 1.73 bits per heavy atom. The lowest BCUT2D eigenvalue weighted by Gasteiger charge is -2.23. The Bertz CT molecular complexity index is 145. The molecule has 0 aromatic carbocycles. The van der Waals surface area contributed by atoms with Gasteiger partial charge in [-0.05, 0) is 19.4 Å². The van der Waals surface area contributed by atoms with Crippen LogP contribution in [0.2, 0.25) is 0 Å². The average Bonchev–Trinajstić information content (AvgIpc) is 2.05. The molecule has 0 aliphatic carbocycles. The molecule has 0 bridgehead atoms. The fraction of sp³-hybridized carbons (Fsp3) is 0.857. The molecule has 2 unspecified atom stereocenters. The predicted molar refractivity (Wildman–Crippen MR) is 38.1 cm³/mol. The molecular formula is C7H12FNO2. The van der Waals surface area contributed by atoms with Crippen LogP contribution in [-0.2, 0) is 4.79 Å². The number of carboxylic acid groups (broad SMARTS) is 1. The van der Waals surface area contributed by atoms with Crippen LogP contribution in [0.3, 0.4) is 0 Å². The molecule has 1 heterocycles. The summed E-state index contributed by atoms with van der Waals surface area (Å²) in [7, 11) is 0. The highest BCUT2D eigenvalue weighted by Gasteiger charge is 2.28. The molecule has 0 radical (unpaired) electrons. The van der Waals surface area contributed by atoms with Crippen LogP contribution in [0, 0.1) is 5.92 Å². The summed E-state index contributed by atoms with van der Waals surface area (Å²) in [6.45, 7) is 1.37. The largest absolute Gasteiger partial charge is 0.479 e. The fourth-order valence-corrected chi connectivity index (χ4v) is 1.33. The van der Waals surface area contributed by atoms with Crippen molar-refractivity contribution in [2.24, 2.45) is 5.92 Å². The van der Waals surface area contributed by atoms with Crippen molar-refractivity contribution in [1.29, 1.82) is 0 Å². The van der Waals surface area contributed by atoms with E-state index in [0.717, 1.165) is 13.0 Å². The molecule has 1 rings (SSSR count). The third kappa shape index (κ3) is 2.15. The van der Waals surface area contributed by atoms with E-state index < -0.39 is 12.1 Å². The number of piperidine rings is 1. The summed E-state index contributed by atoms with van der Waals surface area (Å²) in [6.07, 6.45) is -0.137. The summed E-state index contributed by atoms with van der Waals surface area (Å²) in [5.41, 5.74) is 0. The first kappa shape index (κ1) is 8.46. The van der Waals surface area contributed by atoms with Crippen molar-refractivity contribution >= 4 is 5.97 Å². The Hall–Kier alpha value is -0.640. The number of halogens is 1. The first-order valence-electron chi connectivity index (χ1n) is 3.79. The normalized spacial score (nSPS) is 27.9. The van der Waals surface area contributed by atoms with E-state index in [1.807, 2.05) is 0 Å². The van der Waals surface area contributed by atoms with Gasteiger partial charge in [-0.15, -0.1) is 0 Å². The highest BCUT2D eigenvalue weighted by molar-refractivity contribution is 5.72. The molecule has 64 valence electrons. The maximum atomic E-state index is 12.8. The van der Waals surface area contributed by atoms with E-state index in [1.165, 1.54) is 0 Å². The third-order valence-electron chi connectivity index (χ3n) is 1.98. The predicted octanol–water partition coefficient (Wildman–Crippen LogP) is 0.409. The van der Waals surface area contributed by atoms with Gasteiger partial charge in [-0.2, -0.15) is 0 Å². The van der Waals surface area contributed by atoms with Gasteiger partial charge in [-0.3, -0.25) is 0 Å². The van der Waals surface area contributed by atoms with Crippen molar-refractivity contribution < 1.29 is 14.3 Å². The lowest BCUT2D eigenvalue weighted by atomic mass is 9.95. The highest BCUT2D eigenvalue weighted by Crippen LogP contribution is 2.16. The van der Waals surface area contributed by atoms with Crippen molar-refractivity contribution in [2.75, 3.05) is 13.1 Å². The molecule has 3 nitrogen and oxygen atoms in total. The van der Waals surface area contributed by atoms with Crippen LogP contribution in [0.4, 0.5) is 4.39 Å². The number of hydrogen-bond acceptors (Lipinski definition) is 2. The molecular weight excluding hydrogens is 149 g/mol. The maximum Gasteiger partial charge on any atom is 0.338 e. The van der Waals surface area contributed by atoms with Gasteiger partial charge in [0.25, 0.3) is 0 Å². The number of alkyl halides is 1. The summed E-state index contributed by atoms with van der Waals surface area (Å²) in [4.78, 5) is 10.2. The van der Waals surface area contributed by atoms with Gasteiger partial charge < -0.3 is 10.4 Å². The molecule has 1 fully saturated rings. The summed E-state index contributed by atoms with van der Waals surface area (Å²) in [5, 5.41) is 11.3. The van der Waals surface area contributed by atoms with Crippen LogP contribution < -0.4 is 5.32 Å². The van der Waals surface area contributed by atoms with Crippen molar-refractivity contribution in [3.05, 3.63) is 0 Å². The Labute approximate surface area is 64.6 Å². The summed E-state index contributed by atoms with van der Waals surface area (Å²) in [5.74, 6) is -1.67. The second kappa shape index (κ2) is 3.67. The SMILES string of the molecule is O=C(O)C(F)C1CCCNC1. The van der Waals surface area contributed by atoms with E-state index >= 15 is 0 Å². The zero-order valence-corrected chi connectivity index (χ0v) is 6.22. The fourth-order valence-electron chi connectivity index (χ4n) is 1.33. The van der Waals surface area contributed by atoms with Crippen molar-refractivity contribution in [2.45, 2.75) is 19.0 Å². The lowest BCUT2D eigenvalue weighted by Crippen LogP contribution is -2.38. The van der Waals surface area contributed by atoms with Crippen molar-refractivity contribution in [3.8, 4) is 0 Å². The molecule has 2 N–H and O–H groups in total. The number of aliphatic carboxylic acids is 1. The van der Waals surface area contributed by atoms with Crippen LogP contribution >= 0.6 is 0 Å². The second-order valence-electron chi connectivity index (χ2n) is 2.85. The van der Waals surface area contributed by atoms with E-state index in [1.54, 1.807) is 0 Å². The standard InChI is InChI=1S/C7H12FNO2/c8-6(7(10)11)5-2-1-3-9-4-5/h5-6,9H,1-4H2,(H,10,11). The molecule has 0 aromatic heterocycles. The zero-order valence-electron chi connectivity index (χ0n) is 6.22. The molecule has 4 heteroatoms. The van der Waals surface area contributed by atoms with Crippen LogP contribution in [-0.4, -0.2) is 30.3 Å². The topological polar surface area (TPSA) is 49.3 Å². The Morgan fingerprint density at radius 2 is 2.45 bits per heavy atom. The van der Waals surface area contributed by atoms with Crippen LogP contribution in [0.5, 0.6) is 0 Å². The van der Waals surface area contributed by atoms with Crippen molar-refractivity contribution in [1.82, 2.24) is 5.32 Å². The lowest BCUT2D eigenvalue weighted by molar-refractivity contribution is -0.145. The number of carboxylic acids is 1. The molecule has 11 heavy (non-hydrogen) atoms. The minimum atomic E-state index is -1.69. The first-order valence-corrected chi connectivity index (χ1v) is 3.79. The Balaban J connectivity index is 2.38. The minimum Gasteiger partial charge on any atom is -0.479 e. The monoisotopic (exact) mass is 161 g/mol. The van der Waals surface area contributed by atoms with Gasteiger partial charge in [-0.1, -0.05) is 0 Å². The molecule has 0 amide bonds. The van der Waals surface area contributed by atoms with Gasteiger partial charge in [-0.25, -0.2) is 9.18 Å². The van der Waals surface area contributed by atoms with Gasteiger partial charge in [0.1, 0.15) is 0 Å². The quantitative estimate of drug-likeness (QED) is 0.616. The molecule has 1 aliphatic heterocycles. The third-order valence-corrected chi connectivity index (χ3v) is 1.98. The Kier molecular flexibility index (Phi) is 2.82. The van der Waals surface area contributed by atoms with Gasteiger partial charge >= 0.3 is 5.97 Å². The van der Waals surface area contributed by atoms with Crippen LogP contribution in [0.1, 0.15) is 12.8 Å². The molecule has 0 aromatic rings. The van der Waals surface area contributed by atoms with Gasteiger partial charge in [0, 0.05) is 12.5 Å². The molecule has 0 saturated carbocycles. The molecule has 1 saturated heterocycles. The van der Waals surface area contributed by atoms with Crippen molar-refractivity contribution in [3.63, 3.8) is 0 Å². The van der Waals surface area contributed by atoms with Gasteiger partial charge in [0.15, 0.2) is 0 Å². The van der Waals surface area contributed by atoms with E-state index in [2.05, 4.69) is 5.32 Å². The minimum absolute atomic E-state index is 0.332. The van der Waals surface area contributed by atoms with E-state index in [4.69, 9.17) is 5.11 Å². The van der Waals surface area contributed by atoms with Gasteiger partial charge in [0.2, 0.25) is 6.17 Å². The molecule has 0 spiro atoms. The zero-order chi connectivity index (χ0) is 8.27. The highest BCUT2D eigenvalue weighted by atomic mass is 19.1. The van der Waals surface area contributed by atoms with Gasteiger partial charge in [0.05, 0.1) is 0 Å². The summed E-state index contributed by atoms with van der Waals surface area (Å²) in [6, 6.07) is 0. The Morgan fingerprint density at radius 3 is 2.91 bits per heavy atom.